The molecule has 88 valence electrons. The number of nitro groups is 1. The highest BCUT2D eigenvalue weighted by Crippen LogP contribution is 2.31. The summed E-state index contributed by atoms with van der Waals surface area (Å²) in [5, 5.41) is 24.6. The van der Waals surface area contributed by atoms with Crippen LogP contribution in [0.4, 0.5) is 5.82 Å². The average molecular weight is 225 g/mol. The topological polar surface area (TPSA) is 81.2 Å². The van der Waals surface area contributed by atoms with Crippen LogP contribution < -0.4 is 0 Å². The van der Waals surface area contributed by atoms with Gasteiger partial charge in [-0.1, -0.05) is 12.8 Å². The maximum Gasteiger partial charge on any atom is 0.392 e. The monoisotopic (exact) mass is 225 g/mol. The van der Waals surface area contributed by atoms with Crippen LogP contribution in [0.5, 0.6) is 0 Å². The van der Waals surface area contributed by atoms with E-state index in [1.54, 1.807) is 13.1 Å². The molecule has 0 aromatic carbocycles. The lowest BCUT2D eigenvalue weighted by Crippen LogP contribution is -2.30. The Morgan fingerprint density at radius 1 is 1.62 bits per heavy atom. The van der Waals surface area contributed by atoms with Crippen molar-refractivity contribution in [1.82, 2.24) is 9.78 Å². The minimum atomic E-state index is -0.730. The van der Waals surface area contributed by atoms with Gasteiger partial charge in [0, 0.05) is 0 Å². The van der Waals surface area contributed by atoms with E-state index in [1.165, 1.54) is 4.68 Å². The van der Waals surface area contributed by atoms with Crippen molar-refractivity contribution in [2.45, 2.75) is 44.8 Å². The first-order chi connectivity index (χ1) is 7.50. The fourth-order valence-electron chi connectivity index (χ4n) is 2.26. The van der Waals surface area contributed by atoms with Crippen molar-refractivity contribution >= 4 is 5.82 Å². The first kappa shape index (κ1) is 11.1. The first-order valence-corrected chi connectivity index (χ1v) is 5.41. The second kappa shape index (κ2) is 3.86. The van der Waals surface area contributed by atoms with Crippen molar-refractivity contribution in [2.24, 2.45) is 0 Å². The van der Waals surface area contributed by atoms with Crippen LogP contribution in [0.1, 0.15) is 31.2 Å². The van der Waals surface area contributed by atoms with Gasteiger partial charge >= 0.3 is 5.82 Å². The quantitative estimate of drug-likeness (QED) is 0.622. The third-order valence-corrected chi connectivity index (χ3v) is 3.08. The molecule has 1 aromatic rings. The van der Waals surface area contributed by atoms with E-state index in [4.69, 9.17) is 0 Å². The third kappa shape index (κ3) is 2.06. The lowest BCUT2D eigenvalue weighted by Gasteiger charge is -2.19. The van der Waals surface area contributed by atoms with Gasteiger partial charge in [-0.25, -0.2) is 0 Å². The zero-order valence-corrected chi connectivity index (χ0v) is 9.22. The maximum atomic E-state index is 10.6. The minimum absolute atomic E-state index is 0.124. The molecule has 0 atom stereocenters. The van der Waals surface area contributed by atoms with Gasteiger partial charge in [0.15, 0.2) is 0 Å². The van der Waals surface area contributed by atoms with E-state index in [1.807, 2.05) is 0 Å². The number of nitrogens with zero attached hydrogens (tertiary/aromatic N) is 3. The Hall–Kier alpha value is -1.43. The van der Waals surface area contributed by atoms with Crippen molar-refractivity contribution in [3.63, 3.8) is 0 Å². The Bertz CT molecular complexity index is 407. The summed E-state index contributed by atoms with van der Waals surface area (Å²) < 4.78 is 1.48. The van der Waals surface area contributed by atoms with Crippen molar-refractivity contribution in [1.29, 1.82) is 0 Å². The molecule has 1 saturated carbocycles. The predicted molar refractivity (Wildman–Crippen MR) is 57.0 cm³/mol. The summed E-state index contributed by atoms with van der Waals surface area (Å²) in [5.74, 6) is -0.124. The van der Waals surface area contributed by atoms with Crippen LogP contribution in [0, 0.1) is 17.0 Å². The zero-order valence-electron chi connectivity index (χ0n) is 9.22. The summed E-state index contributed by atoms with van der Waals surface area (Å²) >= 11 is 0. The van der Waals surface area contributed by atoms with E-state index < -0.39 is 10.5 Å². The standard InChI is InChI=1S/C10H15N3O3/c1-8-6-12(11-9(8)13(15)16)7-10(14)4-2-3-5-10/h6,14H,2-5,7H2,1H3. The summed E-state index contributed by atoms with van der Waals surface area (Å²) in [7, 11) is 0. The summed E-state index contributed by atoms with van der Waals surface area (Å²) in [4.78, 5) is 10.1. The Labute approximate surface area is 93.0 Å². The molecule has 6 nitrogen and oxygen atoms in total. The van der Waals surface area contributed by atoms with Crippen LogP contribution in [-0.4, -0.2) is 25.4 Å². The molecular weight excluding hydrogens is 210 g/mol. The summed E-state index contributed by atoms with van der Waals surface area (Å²) in [6, 6.07) is 0. The Balaban J connectivity index is 2.16. The van der Waals surface area contributed by atoms with E-state index in [9.17, 15) is 15.2 Å². The lowest BCUT2D eigenvalue weighted by atomic mass is 10.0. The van der Waals surface area contributed by atoms with Gasteiger partial charge in [-0.2, -0.15) is 4.68 Å². The van der Waals surface area contributed by atoms with Gasteiger partial charge in [0.25, 0.3) is 0 Å². The molecule has 1 fully saturated rings. The van der Waals surface area contributed by atoms with Gasteiger partial charge in [0.2, 0.25) is 0 Å². The molecule has 0 aliphatic heterocycles. The SMILES string of the molecule is Cc1cn(CC2(O)CCCC2)nc1[N+](=O)[O-]. The smallest absolute Gasteiger partial charge is 0.388 e. The average Bonchev–Trinajstić information content (AvgIpc) is 2.73. The van der Waals surface area contributed by atoms with Gasteiger partial charge in [-0.15, -0.1) is 0 Å². The van der Waals surface area contributed by atoms with E-state index in [-0.39, 0.29) is 5.82 Å². The fraction of sp³-hybridized carbons (Fsp3) is 0.700. The molecule has 1 aromatic heterocycles. The Morgan fingerprint density at radius 3 is 2.75 bits per heavy atom. The second-order valence-electron chi connectivity index (χ2n) is 4.52. The number of aryl methyl sites for hydroxylation is 1. The number of hydrogen-bond acceptors (Lipinski definition) is 4. The molecule has 16 heavy (non-hydrogen) atoms. The van der Waals surface area contributed by atoms with E-state index in [0.717, 1.165) is 25.7 Å². The van der Waals surface area contributed by atoms with E-state index in [2.05, 4.69) is 5.10 Å². The lowest BCUT2D eigenvalue weighted by molar-refractivity contribution is -0.390. The highest BCUT2D eigenvalue weighted by atomic mass is 16.6. The fourth-order valence-corrected chi connectivity index (χ4v) is 2.26. The molecule has 1 heterocycles. The third-order valence-electron chi connectivity index (χ3n) is 3.08. The van der Waals surface area contributed by atoms with E-state index in [0.29, 0.717) is 12.1 Å². The van der Waals surface area contributed by atoms with Crippen LogP contribution in [0.2, 0.25) is 0 Å². The highest BCUT2D eigenvalue weighted by Gasteiger charge is 2.33. The Kier molecular flexibility index (Phi) is 2.67. The molecule has 0 radical (unpaired) electrons. The minimum Gasteiger partial charge on any atom is -0.388 e. The summed E-state index contributed by atoms with van der Waals surface area (Å²) in [5.41, 5.74) is -0.196. The molecule has 6 heteroatoms. The molecule has 1 aliphatic carbocycles. The second-order valence-corrected chi connectivity index (χ2v) is 4.52. The summed E-state index contributed by atoms with van der Waals surface area (Å²) in [6.07, 6.45) is 5.14. The van der Waals surface area contributed by atoms with Gasteiger partial charge < -0.3 is 15.2 Å². The van der Waals surface area contributed by atoms with Crippen LogP contribution in [0.3, 0.4) is 0 Å². The largest absolute Gasteiger partial charge is 0.392 e. The normalized spacial score (nSPS) is 18.9. The van der Waals surface area contributed by atoms with Crippen LogP contribution in [0.25, 0.3) is 0 Å². The molecule has 0 spiro atoms. The number of hydrogen-bond donors (Lipinski definition) is 1. The Morgan fingerprint density at radius 2 is 2.25 bits per heavy atom. The van der Waals surface area contributed by atoms with Crippen molar-refractivity contribution in [3.8, 4) is 0 Å². The van der Waals surface area contributed by atoms with Gasteiger partial charge in [-0.3, -0.25) is 0 Å². The van der Waals surface area contributed by atoms with Gasteiger partial charge in [0.05, 0.1) is 29.0 Å². The molecule has 0 bridgehead atoms. The number of aromatic nitrogens is 2. The van der Waals surface area contributed by atoms with Crippen molar-refractivity contribution in [3.05, 3.63) is 21.9 Å². The number of aliphatic hydroxyl groups is 1. The molecule has 2 rings (SSSR count). The van der Waals surface area contributed by atoms with Gasteiger partial charge in [0.1, 0.15) is 0 Å². The molecule has 0 amide bonds. The molecule has 0 saturated heterocycles. The van der Waals surface area contributed by atoms with Crippen LogP contribution in [-0.2, 0) is 6.54 Å². The van der Waals surface area contributed by atoms with Crippen LogP contribution >= 0.6 is 0 Å². The van der Waals surface area contributed by atoms with Crippen LogP contribution in [0.15, 0.2) is 6.20 Å². The maximum absolute atomic E-state index is 10.6. The number of rotatable bonds is 3. The molecule has 1 N–H and O–H groups in total. The predicted octanol–water partition coefficient (Wildman–Crippen LogP) is 1.40. The summed E-state index contributed by atoms with van der Waals surface area (Å²) in [6.45, 7) is 2.00. The van der Waals surface area contributed by atoms with E-state index >= 15 is 0 Å². The highest BCUT2D eigenvalue weighted by molar-refractivity contribution is 5.28. The molecular formula is C10H15N3O3. The van der Waals surface area contributed by atoms with Crippen molar-refractivity contribution < 1.29 is 10.0 Å². The van der Waals surface area contributed by atoms with Crippen molar-refractivity contribution in [2.75, 3.05) is 0 Å². The molecule has 0 unspecified atom stereocenters. The van der Waals surface area contributed by atoms with Gasteiger partial charge in [-0.05, 0) is 24.7 Å². The zero-order chi connectivity index (χ0) is 11.8. The molecule has 1 aliphatic rings. The first-order valence-electron chi connectivity index (χ1n) is 5.41.